The van der Waals surface area contributed by atoms with Crippen LogP contribution in [0.5, 0.6) is 0 Å². The summed E-state index contributed by atoms with van der Waals surface area (Å²) in [5.41, 5.74) is 0. The molecule has 0 bridgehead atoms. The highest BCUT2D eigenvalue weighted by molar-refractivity contribution is 5.70. The zero-order valence-electron chi connectivity index (χ0n) is 9.39. The lowest BCUT2D eigenvalue weighted by Crippen LogP contribution is -2.30. The molecule has 2 N–H and O–H groups in total. The molecule has 1 fully saturated rings. The van der Waals surface area contributed by atoms with E-state index in [4.69, 9.17) is 5.11 Å². The highest BCUT2D eigenvalue weighted by atomic mass is 16.4. The van der Waals surface area contributed by atoms with Gasteiger partial charge in [0.1, 0.15) is 0 Å². The summed E-state index contributed by atoms with van der Waals surface area (Å²) in [7, 11) is 1.94. The number of aliphatic carboxylic acids is 1. The lowest BCUT2D eigenvalue weighted by molar-refractivity contribution is -0.142. The molecule has 0 aromatic carbocycles. The Bertz CT molecular complexity index is 367. The minimum Gasteiger partial charge on any atom is -0.481 e. The first-order valence-electron chi connectivity index (χ1n) is 5.63. The fourth-order valence-electron chi connectivity index (χ4n) is 2.17. The lowest BCUT2D eigenvalue weighted by atomic mass is 9.86. The van der Waals surface area contributed by atoms with E-state index < -0.39 is 5.97 Å². The number of carbonyl (C=O) groups is 1. The molecule has 0 spiro atoms. The summed E-state index contributed by atoms with van der Waals surface area (Å²) >= 11 is 0. The number of imidazole rings is 1. The third-order valence-electron chi connectivity index (χ3n) is 3.23. The Kier molecular flexibility index (Phi) is 3.12. The van der Waals surface area contributed by atoms with Crippen molar-refractivity contribution >= 4 is 11.9 Å². The van der Waals surface area contributed by atoms with Gasteiger partial charge in [-0.1, -0.05) is 0 Å². The van der Waals surface area contributed by atoms with Gasteiger partial charge in [-0.2, -0.15) is 0 Å². The molecule has 0 unspecified atom stereocenters. The second-order valence-electron chi connectivity index (χ2n) is 4.39. The lowest BCUT2D eigenvalue weighted by Gasteiger charge is -2.27. The number of carboxylic acid groups (broad SMARTS) is 1. The fourth-order valence-corrected chi connectivity index (χ4v) is 2.17. The third-order valence-corrected chi connectivity index (χ3v) is 3.23. The van der Waals surface area contributed by atoms with Gasteiger partial charge >= 0.3 is 5.97 Å². The summed E-state index contributed by atoms with van der Waals surface area (Å²) in [5.74, 6) is 0.0497. The van der Waals surface area contributed by atoms with Gasteiger partial charge in [0.05, 0.1) is 5.92 Å². The molecule has 0 atom stereocenters. The molecule has 88 valence electrons. The molecule has 5 heteroatoms. The van der Waals surface area contributed by atoms with Crippen LogP contribution in [-0.2, 0) is 11.8 Å². The van der Waals surface area contributed by atoms with Gasteiger partial charge in [-0.05, 0) is 25.7 Å². The first-order chi connectivity index (χ1) is 7.66. The predicted molar refractivity (Wildman–Crippen MR) is 60.2 cm³/mol. The Morgan fingerprint density at radius 3 is 2.69 bits per heavy atom. The molecule has 1 saturated carbocycles. The van der Waals surface area contributed by atoms with Crippen LogP contribution < -0.4 is 5.32 Å². The standard InChI is InChI=1S/C11H17N3O2/c1-14-7-6-12-11(14)13-9-4-2-8(3-5-9)10(15)16/h6-9H,2-5H2,1H3,(H,12,13)(H,15,16). The van der Waals surface area contributed by atoms with Gasteiger partial charge in [-0.3, -0.25) is 4.79 Å². The van der Waals surface area contributed by atoms with E-state index in [1.54, 1.807) is 6.20 Å². The molecule has 2 rings (SSSR count). The molecule has 0 amide bonds. The number of aromatic nitrogens is 2. The maximum Gasteiger partial charge on any atom is 0.306 e. The van der Waals surface area contributed by atoms with E-state index in [0.29, 0.717) is 6.04 Å². The van der Waals surface area contributed by atoms with Crippen molar-refractivity contribution in [3.05, 3.63) is 12.4 Å². The first kappa shape index (κ1) is 11.0. The van der Waals surface area contributed by atoms with E-state index >= 15 is 0 Å². The van der Waals surface area contributed by atoms with Gasteiger partial charge in [0.15, 0.2) is 0 Å². The fraction of sp³-hybridized carbons (Fsp3) is 0.636. The van der Waals surface area contributed by atoms with Crippen molar-refractivity contribution in [3.63, 3.8) is 0 Å². The maximum absolute atomic E-state index is 10.8. The number of carboxylic acids is 1. The molecule has 16 heavy (non-hydrogen) atoms. The maximum atomic E-state index is 10.8. The quantitative estimate of drug-likeness (QED) is 0.814. The van der Waals surface area contributed by atoms with E-state index in [2.05, 4.69) is 10.3 Å². The average Bonchev–Trinajstić information content (AvgIpc) is 2.65. The molecule has 1 aliphatic rings. The molecular weight excluding hydrogens is 206 g/mol. The number of nitrogens with zero attached hydrogens (tertiary/aromatic N) is 2. The summed E-state index contributed by atoms with van der Waals surface area (Å²) in [6.45, 7) is 0. The summed E-state index contributed by atoms with van der Waals surface area (Å²) in [5, 5.41) is 12.2. The van der Waals surface area contributed by atoms with Gasteiger partial charge in [-0.15, -0.1) is 0 Å². The van der Waals surface area contributed by atoms with Crippen LogP contribution in [0.25, 0.3) is 0 Å². The number of hydrogen-bond acceptors (Lipinski definition) is 3. The van der Waals surface area contributed by atoms with Crippen LogP contribution in [0.4, 0.5) is 5.95 Å². The van der Waals surface area contributed by atoms with Crippen molar-refractivity contribution in [1.29, 1.82) is 0 Å². The highest BCUT2D eigenvalue weighted by Gasteiger charge is 2.26. The number of rotatable bonds is 3. The van der Waals surface area contributed by atoms with E-state index in [9.17, 15) is 4.79 Å². The Hall–Kier alpha value is -1.52. The van der Waals surface area contributed by atoms with E-state index in [-0.39, 0.29) is 5.92 Å². The summed E-state index contributed by atoms with van der Waals surface area (Å²) < 4.78 is 1.93. The normalized spacial score (nSPS) is 25.3. The van der Waals surface area contributed by atoms with E-state index in [0.717, 1.165) is 31.6 Å². The Labute approximate surface area is 94.5 Å². The largest absolute Gasteiger partial charge is 0.481 e. The van der Waals surface area contributed by atoms with Gasteiger partial charge in [0.2, 0.25) is 5.95 Å². The second kappa shape index (κ2) is 4.55. The van der Waals surface area contributed by atoms with Crippen molar-refractivity contribution in [3.8, 4) is 0 Å². The van der Waals surface area contributed by atoms with Crippen LogP contribution in [0, 0.1) is 5.92 Å². The van der Waals surface area contributed by atoms with Crippen LogP contribution >= 0.6 is 0 Å². The van der Waals surface area contributed by atoms with Crippen molar-refractivity contribution in [1.82, 2.24) is 9.55 Å². The minimum atomic E-state index is -0.657. The van der Waals surface area contributed by atoms with Crippen LogP contribution in [0.2, 0.25) is 0 Å². The van der Waals surface area contributed by atoms with Gasteiger partial charge < -0.3 is 15.0 Å². The van der Waals surface area contributed by atoms with Crippen molar-refractivity contribution in [2.45, 2.75) is 31.7 Å². The molecule has 5 nitrogen and oxygen atoms in total. The Balaban J connectivity index is 1.86. The number of aryl methyl sites for hydroxylation is 1. The third kappa shape index (κ3) is 2.35. The topological polar surface area (TPSA) is 67.2 Å². The summed E-state index contributed by atoms with van der Waals surface area (Å²) in [6.07, 6.45) is 6.99. The smallest absolute Gasteiger partial charge is 0.306 e. The van der Waals surface area contributed by atoms with Crippen molar-refractivity contribution < 1.29 is 9.90 Å². The summed E-state index contributed by atoms with van der Waals surface area (Å²) in [4.78, 5) is 15.0. The predicted octanol–water partition coefficient (Wildman–Crippen LogP) is 1.48. The van der Waals surface area contributed by atoms with Crippen LogP contribution in [-0.4, -0.2) is 26.7 Å². The summed E-state index contributed by atoms with van der Waals surface area (Å²) in [6, 6.07) is 0.358. The average molecular weight is 223 g/mol. The molecule has 0 aliphatic heterocycles. The highest BCUT2D eigenvalue weighted by Crippen LogP contribution is 2.26. The first-order valence-corrected chi connectivity index (χ1v) is 5.63. The number of hydrogen-bond donors (Lipinski definition) is 2. The molecular formula is C11H17N3O2. The Morgan fingerprint density at radius 2 is 2.19 bits per heavy atom. The van der Waals surface area contributed by atoms with E-state index in [1.807, 2.05) is 17.8 Å². The van der Waals surface area contributed by atoms with Crippen LogP contribution in [0.1, 0.15) is 25.7 Å². The molecule has 1 aromatic heterocycles. The molecule has 1 aliphatic carbocycles. The SMILES string of the molecule is Cn1ccnc1NC1CCC(C(=O)O)CC1. The van der Waals surface area contributed by atoms with Crippen molar-refractivity contribution in [2.24, 2.45) is 13.0 Å². The Morgan fingerprint density at radius 1 is 1.50 bits per heavy atom. The molecule has 1 aromatic rings. The molecule has 0 radical (unpaired) electrons. The number of anilines is 1. The second-order valence-corrected chi connectivity index (χ2v) is 4.39. The van der Waals surface area contributed by atoms with Gasteiger partial charge in [-0.25, -0.2) is 4.98 Å². The van der Waals surface area contributed by atoms with Crippen molar-refractivity contribution in [2.75, 3.05) is 5.32 Å². The van der Waals surface area contributed by atoms with Gasteiger partial charge in [0, 0.05) is 25.5 Å². The zero-order valence-corrected chi connectivity index (χ0v) is 9.39. The van der Waals surface area contributed by atoms with Crippen LogP contribution in [0.15, 0.2) is 12.4 Å². The molecule has 1 heterocycles. The van der Waals surface area contributed by atoms with Crippen LogP contribution in [0.3, 0.4) is 0 Å². The number of nitrogens with one attached hydrogen (secondary N) is 1. The minimum absolute atomic E-state index is 0.153. The van der Waals surface area contributed by atoms with E-state index in [1.165, 1.54) is 0 Å². The zero-order chi connectivity index (χ0) is 11.5. The van der Waals surface area contributed by atoms with Gasteiger partial charge in [0.25, 0.3) is 0 Å². The monoisotopic (exact) mass is 223 g/mol. The molecule has 0 saturated heterocycles.